The van der Waals surface area contributed by atoms with Crippen molar-refractivity contribution in [2.45, 2.75) is 19.4 Å². The van der Waals surface area contributed by atoms with Gasteiger partial charge in [0.25, 0.3) is 0 Å². The van der Waals surface area contributed by atoms with Gasteiger partial charge >= 0.3 is 0 Å². The summed E-state index contributed by atoms with van der Waals surface area (Å²) < 4.78 is 25.3. The van der Waals surface area contributed by atoms with Crippen molar-refractivity contribution in [1.82, 2.24) is 9.78 Å². The van der Waals surface area contributed by atoms with Crippen LogP contribution in [0.25, 0.3) is 11.3 Å². The van der Waals surface area contributed by atoms with Crippen LogP contribution in [0.5, 0.6) is 11.5 Å². The van der Waals surface area contributed by atoms with E-state index in [0.29, 0.717) is 39.8 Å². The number of anilines is 2. The monoisotopic (exact) mass is 424 g/mol. The molecule has 0 saturated heterocycles. The fraction of sp³-hybridized carbons (Fsp3) is 0.227. The number of ether oxygens (including phenoxy) is 2. The van der Waals surface area contributed by atoms with Crippen LogP contribution in [-0.4, -0.2) is 35.8 Å². The molecule has 0 radical (unpaired) electrons. The van der Waals surface area contributed by atoms with E-state index in [0.717, 1.165) is 0 Å². The summed E-state index contributed by atoms with van der Waals surface area (Å²) in [5, 5.41) is 10.2. The maximum Gasteiger partial charge on any atom is 0.249 e. The third kappa shape index (κ3) is 3.94. The molecule has 0 saturated carbocycles. The summed E-state index contributed by atoms with van der Waals surface area (Å²) in [4.78, 5) is 25.4. The smallest absolute Gasteiger partial charge is 0.249 e. The van der Waals surface area contributed by atoms with E-state index in [-0.39, 0.29) is 18.1 Å². The van der Waals surface area contributed by atoms with Crippen LogP contribution in [0.2, 0.25) is 0 Å². The van der Waals surface area contributed by atoms with Crippen molar-refractivity contribution < 1.29 is 23.5 Å². The molecular formula is C22H21FN4O4. The normalized spacial score (nSPS) is 15.1. The molecule has 1 unspecified atom stereocenters. The van der Waals surface area contributed by atoms with Crippen LogP contribution >= 0.6 is 0 Å². The molecule has 1 atom stereocenters. The predicted molar refractivity (Wildman–Crippen MR) is 113 cm³/mol. The second-order valence-electron chi connectivity index (χ2n) is 7.13. The molecule has 31 heavy (non-hydrogen) atoms. The van der Waals surface area contributed by atoms with Gasteiger partial charge in [0.2, 0.25) is 11.8 Å². The van der Waals surface area contributed by atoms with Crippen molar-refractivity contribution in [2.75, 3.05) is 24.9 Å². The number of aromatic nitrogens is 2. The minimum Gasteiger partial charge on any atom is -0.497 e. The average Bonchev–Trinajstić information content (AvgIpc) is 3.09. The van der Waals surface area contributed by atoms with Crippen LogP contribution in [0.4, 0.5) is 15.9 Å². The number of carbonyl (C=O) groups is 2. The standard InChI is InChI=1S/C22H21FN4O4/c1-12-20(13-4-6-14(23)7-5-13)26-27-18(11-19(28)25-21(12)27)22(29)24-15-8-16(30-2)10-17(9-15)31-3/h4-10,18H,11H2,1-3H3,(H,24,29)(H,25,28). The van der Waals surface area contributed by atoms with Gasteiger partial charge in [-0.3, -0.25) is 9.59 Å². The molecular weight excluding hydrogens is 403 g/mol. The Balaban J connectivity index is 1.68. The molecule has 2 heterocycles. The van der Waals surface area contributed by atoms with Gasteiger partial charge in [-0.25, -0.2) is 9.07 Å². The van der Waals surface area contributed by atoms with E-state index >= 15 is 0 Å². The van der Waals surface area contributed by atoms with Crippen LogP contribution in [0.3, 0.4) is 0 Å². The van der Waals surface area contributed by atoms with Gasteiger partial charge in [0.05, 0.1) is 26.3 Å². The molecule has 1 aliphatic rings. The highest BCUT2D eigenvalue weighted by Crippen LogP contribution is 2.35. The third-order valence-electron chi connectivity index (χ3n) is 5.12. The van der Waals surface area contributed by atoms with Crippen LogP contribution in [-0.2, 0) is 9.59 Å². The molecule has 0 bridgehead atoms. The van der Waals surface area contributed by atoms with E-state index in [9.17, 15) is 14.0 Å². The van der Waals surface area contributed by atoms with Gasteiger partial charge in [-0.1, -0.05) is 0 Å². The maximum atomic E-state index is 13.3. The summed E-state index contributed by atoms with van der Waals surface area (Å²) >= 11 is 0. The number of nitrogens with one attached hydrogen (secondary N) is 2. The topological polar surface area (TPSA) is 94.5 Å². The molecule has 1 aliphatic heterocycles. The Morgan fingerprint density at radius 3 is 2.42 bits per heavy atom. The SMILES string of the molecule is COc1cc(NC(=O)C2CC(=O)Nc3c(C)c(-c4ccc(F)cc4)nn32)cc(OC)c1. The second-order valence-corrected chi connectivity index (χ2v) is 7.13. The predicted octanol–water partition coefficient (Wildman–Crippen LogP) is 3.54. The van der Waals surface area contributed by atoms with Gasteiger partial charge in [0.1, 0.15) is 29.2 Å². The van der Waals surface area contributed by atoms with Crippen molar-refractivity contribution in [1.29, 1.82) is 0 Å². The number of carbonyl (C=O) groups excluding carboxylic acids is 2. The van der Waals surface area contributed by atoms with Crippen LogP contribution in [0, 0.1) is 12.7 Å². The summed E-state index contributed by atoms with van der Waals surface area (Å²) in [5.74, 6) is 0.434. The van der Waals surface area contributed by atoms with Gasteiger partial charge in [-0.15, -0.1) is 0 Å². The number of benzene rings is 2. The maximum absolute atomic E-state index is 13.3. The lowest BCUT2D eigenvalue weighted by Gasteiger charge is -2.24. The van der Waals surface area contributed by atoms with Gasteiger partial charge in [0, 0.05) is 35.0 Å². The molecule has 1 aromatic heterocycles. The number of fused-ring (bicyclic) bond motifs is 1. The highest BCUT2D eigenvalue weighted by molar-refractivity contribution is 6.02. The average molecular weight is 424 g/mol. The Morgan fingerprint density at radius 2 is 1.81 bits per heavy atom. The number of halogens is 1. The van der Waals surface area contributed by atoms with Gasteiger partial charge < -0.3 is 20.1 Å². The molecule has 0 spiro atoms. The van der Waals surface area contributed by atoms with E-state index in [2.05, 4.69) is 15.7 Å². The minimum absolute atomic E-state index is 0.0656. The van der Waals surface area contributed by atoms with Crippen LogP contribution in [0.1, 0.15) is 18.0 Å². The van der Waals surface area contributed by atoms with Crippen molar-refractivity contribution in [3.8, 4) is 22.8 Å². The van der Waals surface area contributed by atoms with Crippen molar-refractivity contribution in [3.63, 3.8) is 0 Å². The summed E-state index contributed by atoms with van der Waals surface area (Å²) in [6, 6.07) is 10.0. The summed E-state index contributed by atoms with van der Waals surface area (Å²) in [7, 11) is 3.03. The number of amides is 2. The molecule has 8 nitrogen and oxygen atoms in total. The van der Waals surface area contributed by atoms with E-state index < -0.39 is 11.9 Å². The lowest BCUT2D eigenvalue weighted by molar-refractivity contribution is -0.125. The first-order chi connectivity index (χ1) is 14.9. The zero-order chi connectivity index (χ0) is 22.1. The summed E-state index contributed by atoms with van der Waals surface area (Å²) in [6.45, 7) is 1.80. The number of hydrogen-bond acceptors (Lipinski definition) is 5. The molecule has 2 amide bonds. The first-order valence-corrected chi connectivity index (χ1v) is 9.58. The Labute approximate surface area is 178 Å². The molecule has 2 aromatic carbocycles. The highest BCUT2D eigenvalue weighted by atomic mass is 19.1. The number of nitrogens with zero attached hydrogens (tertiary/aromatic N) is 2. The van der Waals surface area contributed by atoms with E-state index in [1.54, 1.807) is 37.3 Å². The Hall–Kier alpha value is -3.88. The Bertz CT molecular complexity index is 1130. The number of rotatable bonds is 5. The highest BCUT2D eigenvalue weighted by Gasteiger charge is 2.34. The van der Waals surface area contributed by atoms with E-state index in [1.165, 1.54) is 31.0 Å². The minimum atomic E-state index is -0.853. The molecule has 4 rings (SSSR count). The zero-order valence-electron chi connectivity index (χ0n) is 17.2. The van der Waals surface area contributed by atoms with Crippen LogP contribution < -0.4 is 20.1 Å². The molecule has 9 heteroatoms. The van der Waals surface area contributed by atoms with E-state index in [1.807, 2.05) is 0 Å². The number of methoxy groups -OCH3 is 2. The van der Waals surface area contributed by atoms with Crippen molar-refractivity contribution in [2.24, 2.45) is 0 Å². The number of hydrogen-bond donors (Lipinski definition) is 2. The largest absolute Gasteiger partial charge is 0.497 e. The lowest BCUT2D eigenvalue weighted by atomic mass is 10.1. The van der Waals surface area contributed by atoms with Crippen molar-refractivity contribution in [3.05, 3.63) is 53.8 Å². The first kappa shape index (κ1) is 20.4. The Kier molecular flexibility index (Phi) is 5.33. The third-order valence-corrected chi connectivity index (χ3v) is 5.12. The summed E-state index contributed by atoms with van der Waals surface area (Å²) in [6.07, 6.45) is -0.0656. The summed E-state index contributed by atoms with van der Waals surface area (Å²) in [5.41, 5.74) is 2.42. The molecule has 160 valence electrons. The van der Waals surface area contributed by atoms with Crippen molar-refractivity contribution >= 4 is 23.3 Å². The quantitative estimate of drug-likeness (QED) is 0.653. The van der Waals surface area contributed by atoms with Crippen LogP contribution in [0.15, 0.2) is 42.5 Å². The molecule has 0 fully saturated rings. The molecule has 3 aromatic rings. The zero-order valence-corrected chi connectivity index (χ0v) is 17.2. The Morgan fingerprint density at radius 1 is 1.16 bits per heavy atom. The first-order valence-electron chi connectivity index (χ1n) is 9.58. The van der Waals surface area contributed by atoms with Gasteiger partial charge in [-0.2, -0.15) is 5.10 Å². The van der Waals surface area contributed by atoms with Gasteiger partial charge in [-0.05, 0) is 31.2 Å². The lowest BCUT2D eigenvalue weighted by Crippen LogP contribution is -2.35. The fourth-order valence-corrected chi connectivity index (χ4v) is 3.53. The second kappa shape index (κ2) is 8.10. The molecule has 2 N–H and O–H groups in total. The fourth-order valence-electron chi connectivity index (χ4n) is 3.53. The van der Waals surface area contributed by atoms with E-state index in [4.69, 9.17) is 9.47 Å². The molecule has 0 aliphatic carbocycles. The van der Waals surface area contributed by atoms with Gasteiger partial charge in [0.15, 0.2) is 0 Å².